The van der Waals surface area contributed by atoms with Gasteiger partial charge in [0.25, 0.3) is 0 Å². The Morgan fingerprint density at radius 3 is 2.79 bits per heavy atom. The molecule has 1 fully saturated rings. The van der Waals surface area contributed by atoms with Crippen LogP contribution in [-0.2, 0) is 15.9 Å². The summed E-state index contributed by atoms with van der Waals surface area (Å²) in [6, 6.07) is 9.33. The Hall–Kier alpha value is -2.31. The topological polar surface area (TPSA) is 60.9 Å². The summed E-state index contributed by atoms with van der Waals surface area (Å²) in [5.74, 6) is 1.27. The highest BCUT2D eigenvalue weighted by Crippen LogP contribution is 2.31. The van der Waals surface area contributed by atoms with Crippen molar-refractivity contribution in [1.29, 1.82) is 0 Å². The molecule has 0 radical (unpaired) electrons. The van der Waals surface area contributed by atoms with Crippen LogP contribution in [0.3, 0.4) is 0 Å². The van der Waals surface area contributed by atoms with Gasteiger partial charge in [-0.25, -0.2) is 4.79 Å². The summed E-state index contributed by atoms with van der Waals surface area (Å²) >= 11 is 6.42. The van der Waals surface area contributed by atoms with E-state index < -0.39 is 5.60 Å². The van der Waals surface area contributed by atoms with E-state index in [-0.39, 0.29) is 12.2 Å². The molecule has 1 aliphatic rings. The molecule has 0 N–H and O–H groups in total. The largest absolute Gasteiger partial charge is 0.456 e. The third kappa shape index (κ3) is 6.34. The minimum absolute atomic E-state index is 0.109. The van der Waals surface area contributed by atoms with Gasteiger partial charge in [0, 0.05) is 30.9 Å². The number of morpholine rings is 1. The first kappa shape index (κ1) is 21.4. The summed E-state index contributed by atoms with van der Waals surface area (Å²) < 4.78 is 17.2. The van der Waals surface area contributed by atoms with Crippen molar-refractivity contribution >= 4 is 17.7 Å². The summed E-state index contributed by atoms with van der Waals surface area (Å²) in [7, 11) is 0. The van der Waals surface area contributed by atoms with E-state index in [9.17, 15) is 4.79 Å². The molecule has 0 spiro atoms. The van der Waals surface area contributed by atoms with Crippen LogP contribution in [0.2, 0.25) is 5.02 Å². The summed E-state index contributed by atoms with van der Waals surface area (Å²) in [5.41, 5.74) is 1.38. The van der Waals surface area contributed by atoms with Crippen LogP contribution < -0.4 is 4.74 Å². The molecule has 1 atom stereocenters. The number of aromatic nitrogens is 1. The molecular formula is C22H27ClN2O4. The normalized spacial score (nSPS) is 17.1. The van der Waals surface area contributed by atoms with Crippen molar-refractivity contribution in [2.75, 3.05) is 19.7 Å². The van der Waals surface area contributed by atoms with E-state index in [0.29, 0.717) is 42.6 Å². The van der Waals surface area contributed by atoms with Crippen LogP contribution in [0.15, 0.2) is 36.5 Å². The van der Waals surface area contributed by atoms with Gasteiger partial charge in [-0.05, 0) is 51.5 Å². The molecule has 3 rings (SSSR count). The zero-order valence-corrected chi connectivity index (χ0v) is 18.0. The molecule has 1 aromatic heterocycles. The van der Waals surface area contributed by atoms with E-state index in [0.717, 1.165) is 11.3 Å². The maximum Gasteiger partial charge on any atom is 0.410 e. The number of benzene rings is 1. The number of hydrogen-bond acceptors (Lipinski definition) is 5. The monoisotopic (exact) mass is 418 g/mol. The van der Waals surface area contributed by atoms with E-state index in [1.165, 1.54) is 0 Å². The first-order valence-electron chi connectivity index (χ1n) is 9.68. The number of carbonyl (C=O) groups is 1. The van der Waals surface area contributed by atoms with Crippen LogP contribution in [0.25, 0.3) is 0 Å². The molecule has 7 heteroatoms. The van der Waals surface area contributed by atoms with Gasteiger partial charge in [0.15, 0.2) is 0 Å². The average molecular weight is 419 g/mol. The summed E-state index contributed by atoms with van der Waals surface area (Å²) in [6.07, 6.45) is 1.93. The molecule has 1 unspecified atom stereocenters. The first-order valence-corrected chi connectivity index (χ1v) is 10.1. The molecule has 29 heavy (non-hydrogen) atoms. The molecule has 1 amide bonds. The third-order valence-electron chi connectivity index (χ3n) is 4.35. The highest BCUT2D eigenvalue weighted by atomic mass is 35.5. The highest BCUT2D eigenvalue weighted by molar-refractivity contribution is 6.32. The van der Waals surface area contributed by atoms with Gasteiger partial charge in [-0.2, -0.15) is 0 Å². The Kier molecular flexibility index (Phi) is 6.65. The fourth-order valence-corrected chi connectivity index (χ4v) is 3.30. The quantitative estimate of drug-likeness (QED) is 0.698. The van der Waals surface area contributed by atoms with E-state index in [4.69, 9.17) is 25.8 Å². The Morgan fingerprint density at radius 1 is 1.31 bits per heavy atom. The lowest BCUT2D eigenvalue weighted by Gasteiger charge is -2.34. The Balaban J connectivity index is 1.61. The lowest BCUT2D eigenvalue weighted by atomic mass is 10.1. The fourth-order valence-electron chi connectivity index (χ4n) is 3.06. The van der Waals surface area contributed by atoms with Crippen molar-refractivity contribution in [1.82, 2.24) is 9.88 Å². The lowest BCUT2D eigenvalue weighted by molar-refractivity contribution is -0.0415. The molecule has 156 valence electrons. The van der Waals surface area contributed by atoms with Crippen molar-refractivity contribution in [3.63, 3.8) is 0 Å². The molecule has 1 aromatic carbocycles. The predicted molar refractivity (Wildman–Crippen MR) is 112 cm³/mol. The van der Waals surface area contributed by atoms with Gasteiger partial charge >= 0.3 is 6.09 Å². The Morgan fingerprint density at radius 2 is 2.10 bits per heavy atom. The molecule has 0 saturated carbocycles. The molecule has 2 aromatic rings. The average Bonchev–Trinajstić information content (AvgIpc) is 2.63. The van der Waals surface area contributed by atoms with Crippen molar-refractivity contribution < 1.29 is 19.0 Å². The van der Waals surface area contributed by atoms with Crippen LogP contribution in [0.4, 0.5) is 4.79 Å². The van der Waals surface area contributed by atoms with Crippen LogP contribution in [-0.4, -0.2) is 47.4 Å². The summed E-state index contributed by atoms with van der Waals surface area (Å²) in [4.78, 5) is 18.2. The van der Waals surface area contributed by atoms with Gasteiger partial charge in [0.05, 0.1) is 24.3 Å². The number of carbonyl (C=O) groups excluding carboxylic acids is 1. The number of rotatable bonds is 4. The fraction of sp³-hybridized carbons (Fsp3) is 0.455. The number of hydrogen-bond donors (Lipinski definition) is 0. The van der Waals surface area contributed by atoms with Crippen molar-refractivity contribution in [3.05, 3.63) is 52.8 Å². The smallest absolute Gasteiger partial charge is 0.410 e. The molecule has 6 nitrogen and oxygen atoms in total. The van der Waals surface area contributed by atoms with E-state index in [2.05, 4.69) is 4.98 Å². The highest BCUT2D eigenvalue weighted by Gasteiger charge is 2.28. The number of pyridine rings is 1. The SMILES string of the molecule is Cc1cc(Oc2ccc(CC3CN(C(=O)OC(C)(C)C)CCO3)cc2Cl)ccn1. The van der Waals surface area contributed by atoms with Crippen molar-refractivity contribution in [3.8, 4) is 11.5 Å². The van der Waals surface area contributed by atoms with Gasteiger partial charge in [0.2, 0.25) is 0 Å². The van der Waals surface area contributed by atoms with Gasteiger partial charge in [-0.1, -0.05) is 17.7 Å². The number of halogens is 1. The van der Waals surface area contributed by atoms with E-state index in [1.54, 1.807) is 17.2 Å². The number of aryl methyl sites for hydroxylation is 1. The second-order valence-corrected chi connectivity index (χ2v) is 8.53. The first-order chi connectivity index (χ1) is 13.7. The van der Waals surface area contributed by atoms with Gasteiger partial charge < -0.3 is 19.1 Å². The minimum atomic E-state index is -0.512. The molecule has 1 aliphatic heterocycles. The maximum absolute atomic E-state index is 12.3. The Bertz CT molecular complexity index is 866. The third-order valence-corrected chi connectivity index (χ3v) is 4.64. The number of amides is 1. The van der Waals surface area contributed by atoms with Crippen molar-refractivity contribution in [2.24, 2.45) is 0 Å². The van der Waals surface area contributed by atoms with Crippen molar-refractivity contribution in [2.45, 2.75) is 45.8 Å². The second kappa shape index (κ2) is 9.01. The van der Waals surface area contributed by atoms with E-state index in [1.807, 2.05) is 52.0 Å². The number of ether oxygens (including phenoxy) is 3. The molecule has 2 heterocycles. The summed E-state index contributed by atoms with van der Waals surface area (Å²) in [6.45, 7) is 9.00. The van der Waals surface area contributed by atoms with Crippen LogP contribution >= 0.6 is 11.6 Å². The van der Waals surface area contributed by atoms with Crippen LogP contribution in [0, 0.1) is 6.92 Å². The standard InChI is InChI=1S/C22H27ClN2O4/c1-15-11-17(7-8-24-15)28-20-6-5-16(13-19(20)23)12-18-14-25(9-10-27-18)21(26)29-22(2,3)4/h5-8,11,13,18H,9-10,12,14H2,1-4H3. The zero-order chi connectivity index (χ0) is 21.0. The van der Waals surface area contributed by atoms with Gasteiger partial charge in [0.1, 0.15) is 17.1 Å². The van der Waals surface area contributed by atoms with E-state index >= 15 is 0 Å². The minimum Gasteiger partial charge on any atom is -0.456 e. The Labute approximate surface area is 176 Å². The van der Waals surface area contributed by atoms with Crippen LogP contribution in [0.5, 0.6) is 11.5 Å². The van der Waals surface area contributed by atoms with Crippen LogP contribution in [0.1, 0.15) is 32.0 Å². The van der Waals surface area contributed by atoms with Gasteiger partial charge in [-0.3, -0.25) is 4.98 Å². The molecule has 1 saturated heterocycles. The summed E-state index contributed by atoms with van der Waals surface area (Å²) in [5, 5.41) is 0.525. The lowest BCUT2D eigenvalue weighted by Crippen LogP contribution is -2.48. The molecular weight excluding hydrogens is 392 g/mol. The molecule has 0 bridgehead atoms. The predicted octanol–water partition coefficient (Wildman–Crippen LogP) is 5.01. The zero-order valence-electron chi connectivity index (χ0n) is 17.3. The molecule has 0 aliphatic carbocycles. The maximum atomic E-state index is 12.3. The van der Waals surface area contributed by atoms with Gasteiger partial charge in [-0.15, -0.1) is 0 Å². The second-order valence-electron chi connectivity index (χ2n) is 8.12. The number of nitrogens with zero attached hydrogens (tertiary/aromatic N) is 2.